The minimum atomic E-state index is -1.11. The molecular formula is C3H8N2O4. The van der Waals surface area contributed by atoms with E-state index in [0.29, 0.717) is 0 Å². The van der Waals surface area contributed by atoms with Gasteiger partial charge in [-0.3, -0.25) is 4.79 Å². The van der Waals surface area contributed by atoms with Crippen LogP contribution in [0.4, 0.5) is 4.79 Å². The van der Waals surface area contributed by atoms with E-state index >= 15 is 0 Å². The fraction of sp³-hybridized carbons (Fsp3) is 0.333. The maximum Gasteiger partial charge on any atom is 0.323 e. The molecule has 0 aliphatic rings. The first-order valence-corrected chi connectivity index (χ1v) is 1.88. The Labute approximate surface area is 51.0 Å². The number of carboxylic acid groups (broad SMARTS) is 1. The van der Waals surface area contributed by atoms with Gasteiger partial charge in [-0.1, -0.05) is 0 Å². The number of carbonyl (C=O) groups excluding carboxylic acids is 1. The molecule has 6 N–H and O–H groups in total. The largest absolute Gasteiger partial charge is 0.480 e. The molecule has 6 nitrogen and oxygen atoms in total. The summed E-state index contributed by atoms with van der Waals surface area (Å²) in [5, 5.41) is 9.78. The number of amides is 2. The van der Waals surface area contributed by atoms with E-state index in [1.807, 2.05) is 5.32 Å². The second-order valence-electron chi connectivity index (χ2n) is 1.11. The number of carbonyl (C=O) groups is 2. The average molecular weight is 136 g/mol. The summed E-state index contributed by atoms with van der Waals surface area (Å²) in [5.74, 6) is -1.11. The lowest BCUT2D eigenvalue weighted by Crippen LogP contribution is -2.33. The van der Waals surface area contributed by atoms with E-state index < -0.39 is 18.5 Å². The van der Waals surface area contributed by atoms with Gasteiger partial charge < -0.3 is 21.6 Å². The predicted octanol–water partition coefficient (Wildman–Crippen LogP) is -2.09. The van der Waals surface area contributed by atoms with Crippen molar-refractivity contribution < 1.29 is 20.2 Å². The summed E-state index contributed by atoms with van der Waals surface area (Å²) in [4.78, 5) is 19.4. The van der Waals surface area contributed by atoms with Gasteiger partial charge in [0.1, 0.15) is 6.54 Å². The Kier molecular flexibility index (Phi) is 5.73. The van der Waals surface area contributed by atoms with Crippen LogP contribution in [0, 0.1) is 0 Å². The Bertz CT molecular complexity index is 98.4. The molecule has 0 aromatic rings. The van der Waals surface area contributed by atoms with Crippen LogP contribution in [-0.2, 0) is 4.79 Å². The molecule has 2 amide bonds. The first-order chi connectivity index (χ1) is 3.63. The molecule has 0 aromatic carbocycles. The molecule has 0 aliphatic carbocycles. The molecule has 0 aliphatic heterocycles. The van der Waals surface area contributed by atoms with Gasteiger partial charge in [-0.05, 0) is 0 Å². The van der Waals surface area contributed by atoms with Gasteiger partial charge in [0.15, 0.2) is 0 Å². The Balaban J connectivity index is 0. The van der Waals surface area contributed by atoms with Crippen LogP contribution in [0.25, 0.3) is 0 Å². The highest BCUT2D eigenvalue weighted by molar-refractivity contribution is 5.78. The number of aliphatic carboxylic acids is 1. The van der Waals surface area contributed by atoms with Crippen molar-refractivity contribution in [3.8, 4) is 0 Å². The monoisotopic (exact) mass is 136 g/mol. The highest BCUT2D eigenvalue weighted by Gasteiger charge is 1.95. The zero-order valence-electron chi connectivity index (χ0n) is 4.55. The normalized spacial score (nSPS) is 7.11. The van der Waals surface area contributed by atoms with Crippen LogP contribution in [0.1, 0.15) is 0 Å². The summed E-state index contributed by atoms with van der Waals surface area (Å²) in [5.41, 5.74) is 4.53. The van der Waals surface area contributed by atoms with E-state index in [1.54, 1.807) is 0 Å². The van der Waals surface area contributed by atoms with Crippen LogP contribution >= 0.6 is 0 Å². The fourth-order valence-electron chi connectivity index (χ4n) is 0.163. The van der Waals surface area contributed by atoms with Crippen LogP contribution < -0.4 is 11.1 Å². The molecule has 0 radical (unpaired) electrons. The minimum Gasteiger partial charge on any atom is -0.480 e. The lowest BCUT2D eigenvalue weighted by Gasteiger charge is -1.92. The number of hydrogen-bond donors (Lipinski definition) is 3. The lowest BCUT2D eigenvalue weighted by atomic mass is 10.7. The average Bonchev–Trinajstić information content (AvgIpc) is 1.61. The Morgan fingerprint density at radius 3 is 2.11 bits per heavy atom. The van der Waals surface area contributed by atoms with Crippen LogP contribution in [-0.4, -0.2) is 29.1 Å². The Hall–Kier alpha value is -1.30. The molecule has 0 spiro atoms. The molecule has 0 fully saturated rings. The molecule has 54 valence electrons. The highest BCUT2D eigenvalue weighted by atomic mass is 16.4. The summed E-state index contributed by atoms with van der Waals surface area (Å²) >= 11 is 0. The van der Waals surface area contributed by atoms with E-state index in [9.17, 15) is 9.59 Å². The summed E-state index contributed by atoms with van der Waals surface area (Å²) in [6, 6.07) is -0.826. The lowest BCUT2D eigenvalue weighted by molar-refractivity contribution is -0.135. The van der Waals surface area contributed by atoms with Gasteiger partial charge in [0.05, 0.1) is 0 Å². The van der Waals surface area contributed by atoms with Crippen molar-refractivity contribution in [3.05, 3.63) is 0 Å². The molecule has 0 saturated carbocycles. The quantitative estimate of drug-likeness (QED) is 0.403. The molecule has 0 saturated heterocycles. The number of rotatable bonds is 2. The van der Waals surface area contributed by atoms with Crippen LogP contribution in [0.5, 0.6) is 0 Å². The molecule has 6 heteroatoms. The van der Waals surface area contributed by atoms with E-state index in [-0.39, 0.29) is 5.48 Å². The molecule has 0 rings (SSSR count). The van der Waals surface area contributed by atoms with Crippen molar-refractivity contribution in [1.29, 1.82) is 0 Å². The number of primary amides is 1. The second-order valence-corrected chi connectivity index (χ2v) is 1.11. The van der Waals surface area contributed by atoms with Crippen molar-refractivity contribution in [2.24, 2.45) is 5.73 Å². The fourth-order valence-corrected chi connectivity index (χ4v) is 0.163. The van der Waals surface area contributed by atoms with Crippen molar-refractivity contribution >= 4 is 12.0 Å². The summed E-state index contributed by atoms with van der Waals surface area (Å²) in [7, 11) is 0. The van der Waals surface area contributed by atoms with Crippen LogP contribution in [0.15, 0.2) is 0 Å². The first-order valence-electron chi connectivity index (χ1n) is 1.88. The Morgan fingerprint density at radius 1 is 1.56 bits per heavy atom. The van der Waals surface area contributed by atoms with Crippen molar-refractivity contribution in [1.82, 2.24) is 5.32 Å². The first kappa shape index (κ1) is 10.6. The molecule has 0 unspecified atom stereocenters. The minimum absolute atomic E-state index is 0. The summed E-state index contributed by atoms with van der Waals surface area (Å²) in [6.07, 6.45) is 0. The molecule has 0 bridgehead atoms. The molecule has 9 heavy (non-hydrogen) atoms. The third-order valence-corrected chi connectivity index (χ3v) is 0.414. The maximum atomic E-state index is 9.75. The van der Waals surface area contributed by atoms with Gasteiger partial charge in [0.25, 0.3) is 0 Å². The van der Waals surface area contributed by atoms with E-state index in [4.69, 9.17) is 5.11 Å². The van der Waals surface area contributed by atoms with Gasteiger partial charge >= 0.3 is 12.0 Å². The number of urea groups is 1. The van der Waals surface area contributed by atoms with Crippen LogP contribution in [0.2, 0.25) is 0 Å². The van der Waals surface area contributed by atoms with E-state index in [0.717, 1.165) is 0 Å². The van der Waals surface area contributed by atoms with E-state index in [1.165, 1.54) is 0 Å². The van der Waals surface area contributed by atoms with Crippen LogP contribution in [0.3, 0.4) is 0 Å². The van der Waals surface area contributed by atoms with Crippen molar-refractivity contribution in [3.63, 3.8) is 0 Å². The third-order valence-electron chi connectivity index (χ3n) is 0.414. The third kappa shape index (κ3) is 10.8. The van der Waals surface area contributed by atoms with Gasteiger partial charge in [0.2, 0.25) is 0 Å². The maximum absolute atomic E-state index is 9.75. The van der Waals surface area contributed by atoms with Crippen molar-refractivity contribution in [2.45, 2.75) is 0 Å². The van der Waals surface area contributed by atoms with Gasteiger partial charge in [0, 0.05) is 0 Å². The van der Waals surface area contributed by atoms with Gasteiger partial charge in [-0.2, -0.15) is 0 Å². The molecule has 0 atom stereocenters. The molecule has 0 heterocycles. The molecular weight excluding hydrogens is 128 g/mol. The smallest absolute Gasteiger partial charge is 0.323 e. The zero-order valence-corrected chi connectivity index (χ0v) is 4.55. The number of carboxylic acids is 1. The van der Waals surface area contributed by atoms with Gasteiger partial charge in [-0.25, -0.2) is 4.79 Å². The standard InChI is InChI=1S/C3H6N2O3.H2O/c4-3(8)5-1-2(6)7;/h1H2,(H,6,7)(H3,4,5,8);1H2. The SMILES string of the molecule is NC(=O)NCC(=O)O.O. The highest BCUT2D eigenvalue weighted by Crippen LogP contribution is 1.57. The van der Waals surface area contributed by atoms with Crippen molar-refractivity contribution in [2.75, 3.05) is 6.54 Å². The summed E-state index contributed by atoms with van der Waals surface area (Å²) in [6.45, 7) is -0.421. The zero-order chi connectivity index (χ0) is 6.57. The number of nitrogens with one attached hydrogen (secondary N) is 1. The Morgan fingerprint density at radius 2 is 2.00 bits per heavy atom. The molecule has 0 aromatic heterocycles. The number of hydrogen-bond acceptors (Lipinski definition) is 2. The second kappa shape index (κ2) is 4.85. The topological polar surface area (TPSA) is 124 Å². The number of nitrogens with two attached hydrogens (primary N) is 1. The summed E-state index contributed by atoms with van der Waals surface area (Å²) < 4.78 is 0. The van der Waals surface area contributed by atoms with Gasteiger partial charge in [-0.15, -0.1) is 0 Å². The van der Waals surface area contributed by atoms with E-state index in [2.05, 4.69) is 5.73 Å². The predicted molar refractivity (Wildman–Crippen MR) is 28.8 cm³/mol.